The van der Waals surface area contributed by atoms with Gasteiger partial charge in [0.2, 0.25) is 0 Å². The minimum Gasteiger partial charge on any atom is -0.355 e. The third-order valence-electron chi connectivity index (χ3n) is 3.74. The Bertz CT molecular complexity index is 468. The van der Waals surface area contributed by atoms with Crippen LogP contribution < -0.4 is 10.2 Å². The van der Waals surface area contributed by atoms with Crippen molar-refractivity contribution in [2.45, 2.75) is 58.4 Å². The molecule has 0 radical (unpaired) electrons. The van der Waals surface area contributed by atoms with Crippen molar-refractivity contribution in [3.8, 4) is 0 Å². The van der Waals surface area contributed by atoms with Crippen molar-refractivity contribution in [3.05, 3.63) is 23.4 Å². The van der Waals surface area contributed by atoms with Gasteiger partial charge in [0, 0.05) is 41.9 Å². The molecule has 1 unspecified atom stereocenters. The molecule has 1 fully saturated rings. The van der Waals surface area contributed by atoms with E-state index in [2.05, 4.69) is 68.7 Å². The number of nitrogens with zero attached hydrogens (tertiary/aromatic N) is 2. The number of pyridine rings is 1. The van der Waals surface area contributed by atoms with Crippen LogP contribution in [0.1, 0.15) is 45.4 Å². The van der Waals surface area contributed by atoms with Gasteiger partial charge in [0.15, 0.2) is 0 Å². The number of anilines is 1. The van der Waals surface area contributed by atoms with Gasteiger partial charge in [-0.05, 0) is 51.8 Å². The third-order valence-corrected chi connectivity index (χ3v) is 5.11. The summed E-state index contributed by atoms with van der Waals surface area (Å²) in [6.07, 6.45) is 1.24. The van der Waals surface area contributed by atoms with E-state index in [0.29, 0.717) is 0 Å². The molecule has 0 saturated carbocycles. The first-order valence-corrected chi connectivity index (χ1v) is 9.01. The van der Waals surface area contributed by atoms with Crippen LogP contribution in [0.4, 0.5) is 5.82 Å². The topological polar surface area (TPSA) is 28.2 Å². The molecular weight excluding hydrogens is 278 g/mol. The minimum atomic E-state index is 0.145. The van der Waals surface area contributed by atoms with Gasteiger partial charge in [-0.1, -0.05) is 6.92 Å². The number of rotatable bonds is 4. The second-order valence-electron chi connectivity index (χ2n) is 6.93. The van der Waals surface area contributed by atoms with Crippen LogP contribution in [0.3, 0.4) is 0 Å². The molecule has 118 valence electrons. The monoisotopic (exact) mass is 307 g/mol. The molecule has 0 bridgehead atoms. The summed E-state index contributed by atoms with van der Waals surface area (Å²) in [4.78, 5) is 7.22. The van der Waals surface area contributed by atoms with Crippen molar-refractivity contribution in [3.63, 3.8) is 0 Å². The van der Waals surface area contributed by atoms with Gasteiger partial charge in [-0.3, -0.25) is 0 Å². The zero-order valence-electron chi connectivity index (χ0n) is 14.1. The highest BCUT2D eigenvalue weighted by molar-refractivity contribution is 8.00. The largest absolute Gasteiger partial charge is 0.355 e. The first-order valence-electron chi connectivity index (χ1n) is 7.96. The third kappa shape index (κ3) is 5.19. The Morgan fingerprint density at radius 2 is 2.14 bits per heavy atom. The van der Waals surface area contributed by atoms with E-state index < -0.39 is 0 Å². The zero-order valence-corrected chi connectivity index (χ0v) is 14.9. The smallest absolute Gasteiger partial charge is 0.129 e. The Labute approximate surface area is 133 Å². The molecular formula is C17H29N3S. The van der Waals surface area contributed by atoms with E-state index in [-0.39, 0.29) is 5.54 Å². The number of thioether (sulfide) groups is 1. The molecule has 0 spiro atoms. The highest BCUT2D eigenvalue weighted by atomic mass is 32.2. The van der Waals surface area contributed by atoms with Crippen molar-refractivity contribution >= 4 is 17.6 Å². The van der Waals surface area contributed by atoms with Crippen LogP contribution in [0.15, 0.2) is 12.1 Å². The van der Waals surface area contributed by atoms with Gasteiger partial charge in [-0.15, -0.1) is 0 Å². The van der Waals surface area contributed by atoms with Crippen LogP contribution in [0, 0.1) is 6.92 Å². The normalized spacial score (nSPS) is 19.9. The molecule has 2 rings (SSSR count). The van der Waals surface area contributed by atoms with E-state index in [1.165, 1.54) is 17.7 Å². The van der Waals surface area contributed by atoms with E-state index in [0.717, 1.165) is 36.4 Å². The van der Waals surface area contributed by atoms with Crippen molar-refractivity contribution in [1.82, 2.24) is 10.3 Å². The molecule has 0 amide bonds. The molecule has 2 heterocycles. The van der Waals surface area contributed by atoms with E-state index in [4.69, 9.17) is 4.98 Å². The Morgan fingerprint density at radius 1 is 1.38 bits per heavy atom. The van der Waals surface area contributed by atoms with Crippen molar-refractivity contribution in [2.24, 2.45) is 0 Å². The van der Waals surface area contributed by atoms with Gasteiger partial charge in [0.05, 0.1) is 0 Å². The van der Waals surface area contributed by atoms with E-state index in [1.807, 2.05) is 0 Å². The van der Waals surface area contributed by atoms with Crippen molar-refractivity contribution in [2.75, 3.05) is 23.7 Å². The Balaban J connectivity index is 2.11. The van der Waals surface area contributed by atoms with Crippen LogP contribution in [-0.4, -0.2) is 34.6 Å². The zero-order chi connectivity index (χ0) is 15.5. The summed E-state index contributed by atoms with van der Waals surface area (Å²) in [5.74, 6) is 2.36. The summed E-state index contributed by atoms with van der Waals surface area (Å²) in [6, 6.07) is 4.45. The van der Waals surface area contributed by atoms with Crippen LogP contribution in [0.5, 0.6) is 0 Å². The molecule has 1 atom stereocenters. The number of hydrogen-bond donors (Lipinski definition) is 1. The lowest BCUT2D eigenvalue weighted by molar-refractivity contribution is 0.424. The van der Waals surface area contributed by atoms with Crippen LogP contribution in [0.2, 0.25) is 0 Å². The number of aromatic nitrogens is 1. The van der Waals surface area contributed by atoms with Gasteiger partial charge >= 0.3 is 0 Å². The summed E-state index contributed by atoms with van der Waals surface area (Å²) in [5.41, 5.74) is 2.59. The van der Waals surface area contributed by atoms with Crippen molar-refractivity contribution < 1.29 is 0 Å². The lowest BCUT2D eigenvalue weighted by Crippen LogP contribution is -2.38. The molecule has 0 aromatic carbocycles. The molecule has 1 saturated heterocycles. The highest BCUT2D eigenvalue weighted by Gasteiger charge is 2.20. The molecule has 1 aromatic heterocycles. The second kappa shape index (κ2) is 7.01. The minimum absolute atomic E-state index is 0.145. The number of nitrogens with one attached hydrogen (secondary N) is 1. The number of aryl methyl sites for hydroxylation is 1. The van der Waals surface area contributed by atoms with Crippen LogP contribution in [0.25, 0.3) is 0 Å². The van der Waals surface area contributed by atoms with E-state index in [1.54, 1.807) is 0 Å². The SMILES string of the molecule is CCC1CN(c2cc(CNC(C)(C)C)cc(C)n2)CCS1. The average Bonchev–Trinajstić information content (AvgIpc) is 2.44. The van der Waals surface area contributed by atoms with Crippen LogP contribution in [-0.2, 0) is 6.54 Å². The predicted molar refractivity (Wildman–Crippen MR) is 94.3 cm³/mol. The van der Waals surface area contributed by atoms with Crippen LogP contribution >= 0.6 is 11.8 Å². The lowest BCUT2D eigenvalue weighted by atomic mass is 10.1. The fraction of sp³-hybridized carbons (Fsp3) is 0.706. The Morgan fingerprint density at radius 3 is 2.81 bits per heavy atom. The van der Waals surface area contributed by atoms with Gasteiger partial charge in [-0.25, -0.2) is 4.98 Å². The van der Waals surface area contributed by atoms with Gasteiger partial charge < -0.3 is 10.2 Å². The Hall–Kier alpha value is -0.740. The quantitative estimate of drug-likeness (QED) is 0.920. The average molecular weight is 308 g/mol. The maximum atomic E-state index is 4.76. The molecule has 1 N–H and O–H groups in total. The standard InChI is InChI=1S/C17H29N3S/c1-6-15-12-20(7-8-21-15)16-10-14(9-13(2)19-16)11-18-17(3,4)5/h9-10,15,18H,6-8,11-12H2,1-5H3. The fourth-order valence-electron chi connectivity index (χ4n) is 2.53. The predicted octanol–water partition coefficient (Wildman–Crippen LogP) is 3.61. The van der Waals surface area contributed by atoms with E-state index in [9.17, 15) is 0 Å². The molecule has 0 aliphatic carbocycles. The van der Waals surface area contributed by atoms with E-state index >= 15 is 0 Å². The molecule has 1 aliphatic heterocycles. The first kappa shape index (κ1) is 16.6. The summed E-state index contributed by atoms with van der Waals surface area (Å²) >= 11 is 2.10. The lowest BCUT2D eigenvalue weighted by Gasteiger charge is -2.33. The molecule has 21 heavy (non-hydrogen) atoms. The van der Waals surface area contributed by atoms with Gasteiger partial charge in [0.25, 0.3) is 0 Å². The highest BCUT2D eigenvalue weighted by Crippen LogP contribution is 2.25. The number of hydrogen-bond acceptors (Lipinski definition) is 4. The van der Waals surface area contributed by atoms with Gasteiger partial charge in [-0.2, -0.15) is 11.8 Å². The summed E-state index contributed by atoms with van der Waals surface area (Å²) in [5, 5.41) is 4.31. The fourth-order valence-corrected chi connectivity index (χ4v) is 3.71. The molecule has 1 aromatic rings. The summed E-state index contributed by atoms with van der Waals surface area (Å²) in [7, 11) is 0. The maximum absolute atomic E-state index is 4.76. The Kier molecular flexibility index (Phi) is 5.55. The maximum Gasteiger partial charge on any atom is 0.129 e. The first-order chi connectivity index (χ1) is 9.87. The van der Waals surface area contributed by atoms with Crippen molar-refractivity contribution in [1.29, 1.82) is 0 Å². The van der Waals surface area contributed by atoms with Gasteiger partial charge in [0.1, 0.15) is 5.82 Å². The molecule has 4 heteroatoms. The molecule has 3 nitrogen and oxygen atoms in total. The molecule has 1 aliphatic rings. The summed E-state index contributed by atoms with van der Waals surface area (Å²) in [6.45, 7) is 14.1. The summed E-state index contributed by atoms with van der Waals surface area (Å²) < 4.78 is 0. The second-order valence-corrected chi connectivity index (χ2v) is 8.33.